The second kappa shape index (κ2) is 24.6. The fraction of sp³-hybridized carbons (Fsp3) is 0.415. The van der Waals surface area contributed by atoms with Gasteiger partial charge in [0.05, 0.1) is 61.2 Å². The van der Waals surface area contributed by atoms with Crippen molar-refractivity contribution < 1.29 is 41.5 Å². The van der Waals surface area contributed by atoms with Crippen molar-refractivity contribution in [3.05, 3.63) is 133 Å². The van der Waals surface area contributed by atoms with Crippen molar-refractivity contribution in [1.29, 1.82) is 0 Å². The van der Waals surface area contributed by atoms with Crippen molar-refractivity contribution in [2.75, 3.05) is 0 Å². The Kier molecular flexibility index (Phi) is 17.5. The summed E-state index contributed by atoms with van der Waals surface area (Å²) in [4.78, 5) is 78.4. The zero-order valence-electron chi connectivity index (χ0n) is 46.0. The topological polar surface area (TPSA) is 129 Å². The molecule has 7 aromatic rings. The first kappa shape index (κ1) is 56.7. The SMILES string of the molecule is CCCCCCCCCCCCC1(CCCCCCCCCCCC)Oc2cc(C)sc2-c2sc(-c3c4ncc(C=C5C(=O)c6cc(F)c(F)cc6C5=O)nc4c(C)c4ncc(C=C5C(=O)c6cc(F)c(F)cc6C5=O)nc34)cc21. The Morgan fingerprint density at radius 3 is 1.35 bits per heavy atom. The minimum Gasteiger partial charge on any atom is -0.481 e. The van der Waals surface area contributed by atoms with E-state index in [2.05, 4.69) is 32.9 Å². The lowest BCUT2D eigenvalue weighted by atomic mass is 9.81. The van der Waals surface area contributed by atoms with Crippen molar-refractivity contribution in [2.45, 2.75) is 175 Å². The number of unbranched alkanes of at least 4 members (excludes halogenated alkanes) is 18. The molecule has 80 heavy (non-hydrogen) atoms. The summed E-state index contributed by atoms with van der Waals surface area (Å²) in [5, 5.41) is 0. The lowest BCUT2D eigenvalue weighted by molar-refractivity contribution is 0.0397. The van der Waals surface area contributed by atoms with E-state index in [9.17, 15) is 36.7 Å². The maximum absolute atomic E-state index is 14.4. The lowest BCUT2D eigenvalue weighted by Crippen LogP contribution is -2.35. The summed E-state index contributed by atoms with van der Waals surface area (Å²) in [6, 6.07) is 7.29. The summed E-state index contributed by atoms with van der Waals surface area (Å²) in [7, 11) is 0. The van der Waals surface area contributed by atoms with Gasteiger partial charge in [-0.3, -0.25) is 29.1 Å². The van der Waals surface area contributed by atoms with Gasteiger partial charge in [0.25, 0.3) is 0 Å². The van der Waals surface area contributed by atoms with Crippen molar-refractivity contribution in [3.63, 3.8) is 0 Å². The summed E-state index contributed by atoms with van der Waals surface area (Å²) < 4.78 is 64.8. The van der Waals surface area contributed by atoms with E-state index in [1.165, 1.54) is 114 Å². The molecular weight excluding hydrogens is 1060 g/mol. The number of ether oxygens (including phenoxy) is 1. The number of rotatable bonds is 25. The number of thiophene rings is 2. The van der Waals surface area contributed by atoms with E-state index in [1.54, 1.807) is 29.6 Å². The number of ketones is 4. The summed E-state index contributed by atoms with van der Waals surface area (Å²) >= 11 is 3.28. The van der Waals surface area contributed by atoms with Gasteiger partial charge in [0, 0.05) is 48.7 Å². The van der Waals surface area contributed by atoms with Crippen LogP contribution in [-0.4, -0.2) is 43.1 Å². The van der Waals surface area contributed by atoms with Gasteiger partial charge in [0.15, 0.2) is 46.4 Å². The summed E-state index contributed by atoms with van der Waals surface area (Å²) in [6.07, 6.45) is 31.2. The predicted octanol–water partition coefficient (Wildman–Crippen LogP) is 18.3. The molecule has 0 amide bonds. The van der Waals surface area contributed by atoms with E-state index in [1.807, 2.05) is 0 Å². The molecule has 416 valence electrons. The number of benzene rings is 3. The van der Waals surface area contributed by atoms with Gasteiger partial charge in [-0.15, -0.1) is 22.7 Å². The Morgan fingerprint density at radius 1 is 0.487 bits per heavy atom. The molecule has 0 fully saturated rings. The van der Waals surface area contributed by atoms with E-state index in [0.29, 0.717) is 33.2 Å². The first-order chi connectivity index (χ1) is 38.7. The van der Waals surface area contributed by atoms with Gasteiger partial charge >= 0.3 is 0 Å². The zero-order chi connectivity index (χ0) is 56.2. The highest BCUT2D eigenvalue weighted by Crippen LogP contribution is 2.58. The number of aryl methyl sites for hydroxylation is 2. The van der Waals surface area contributed by atoms with Gasteiger partial charge in [-0.2, -0.15) is 0 Å². The fourth-order valence-corrected chi connectivity index (χ4v) is 14.2. The number of carbonyl (C=O) groups excluding carboxylic acids is 4. The number of Topliss-reactive ketones (excluding diaryl/α,β-unsaturated/α-hetero) is 4. The molecular formula is C65H66F4N4O5S2. The maximum atomic E-state index is 14.4. The standard InChI is InChI=1S/C65H66F4N4O5S2/c1-5-7-9-11-13-15-17-19-21-23-25-65(26-24-22-20-18-16-14-12-10-8-6-2)47-34-53(80-63(47)64-52(78-65)27-37(3)79-64)54-57-56(72-39(36-71-57)28-45-59(74)41-30-48(66)49(67)31-42(41)60(45)75)38(4)55-58(54)73-40(35-70-55)29-46-61(76)43-32-50(68)51(69)33-44(43)62(46)77/h27-36H,5-26H2,1-4H3. The van der Waals surface area contributed by atoms with Crippen LogP contribution in [0.3, 0.4) is 0 Å². The molecule has 0 unspecified atom stereocenters. The van der Waals surface area contributed by atoms with Gasteiger partial charge in [0.1, 0.15) is 16.9 Å². The van der Waals surface area contributed by atoms with Crippen LogP contribution in [0.1, 0.15) is 224 Å². The predicted molar refractivity (Wildman–Crippen MR) is 310 cm³/mol. The Morgan fingerprint density at radius 2 is 0.900 bits per heavy atom. The average molecular weight is 1120 g/mol. The molecule has 0 atom stereocenters. The van der Waals surface area contributed by atoms with E-state index in [0.717, 1.165) is 106 Å². The molecule has 2 aliphatic carbocycles. The van der Waals surface area contributed by atoms with Crippen LogP contribution in [0.2, 0.25) is 0 Å². The average Bonchev–Trinajstić information content (AvgIpc) is 4.35. The van der Waals surface area contributed by atoms with Gasteiger partial charge in [-0.1, -0.05) is 129 Å². The number of aromatic nitrogens is 4. The smallest absolute Gasteiger partial charge is 0.197 e. The highest BCUT2D eigenvalue weighted by atomic mass is 32.1. The van der Waals surface area contributed by atoms with Crippen LogP contribution in [0, 0.1) is 37.1 Å². The highest BCUT2D eigenvalue weighted by molar-refractivity contribution is 7.24. The minimum atomic E-state index is -1.24. The van der Waals surface area contributed by atoms with E-state index >= 15 is 0 Å². The molecule has 3 aliphatic rings. The van der Waals surface area contributed by atoms with Crippen LogP contribution in [-0.2, 0) is 5.60 Å². The number of hydrogen-bond donors (Lipinski definition) is 0. The van der Waals surface area contributed by atoms with Crippen LogP contribution in [0.15, 0.2) is 59.9 Å². The van der Waals surface area contributed by atoms with E-state index < -0.39 is 52.0 Å². The Hall–Kier alpha value is -6.58. The van der Waals surface area contributed by atoms with Crippen molar-refractivity contribution in [2.24, 2.45) is 0 Å². The quantitative estimate of drug-likeness (QED) is 0.0181. The molecule has 5 heterocycles. The van der Waals surface area contributed by atoms with Crippen LogP contribution >= 0.6 is 22.7 Å². The number of carbonyl (C=O) groups is 4. The molecule has 4 aromatic heterocycles. The van der Waals surface area contributed by atoms with Crippen molar-refractivity contribution >= 4 is 80.0 Å². The Labute approximate surface area is 472 Å². The first-order valence-corrected chi connectivity index (χ1v) is 30.4. The molecule has 15 heteroatoms. The van der Waals surface area contributed by atoms with Gasteiger partial charge in [-0.05, 0) is 88.1 Å². The lowest BCUT2D eigenvalue weighted by Gasteiger charge is -2.38. The number of fused-ring (bicyclic) bond motifs is 7. The molecule has 0 spiro atoms. The Bertz CT molecular complexity index is 3540. The number of nitrogens with zero attached hydrogens (tertiary/aromatic N) is 4. The molecule has 9 nitrogen and oxygen atoms in total. The molecule has 0 radical (unpaired) electrons. The molecule has 0 saturated heterocycles. The summed E-state index contributed by atoms with van der Waals surface area (Å²) in [5.41, 5.74) is 1.83. The number of halogens is 4. The molecule has 10 rings (SSSR count). The fourth-order valence-electron chi connectivity index (χ4n) is 11.8. The van der Waals surface area contributed by atoms with Crippen LogP contribution in [0.4, 0.5) is 17.6 Å². The van der Waals surface area contributed by atoms with Crippen molar-refractivity contribution in [3.8, 4) is 25.9 Å². The third-order valence-corrected chi connectivity index (χ3v) is 18.4. The third-order valence-electron chi connectivity index (χ3n) is 16.1. The molecule has 0 N–H and O–H groups in total. The normalized spacial score (nSPS) is 14.3. The molecule has 1 aliphatic heterocycles. The molecule has 0 saturated carbocycles. The van der Waals surface area contributed by atoms with Gasteiger partial charge in [0.2, 0.25) is 0 Å². The van der Waals surface area contributed by atoms with Crippen molar-refractivity contribution in [1.82, 2.24) is 19.9 Å². The largest absolute Gasteiger partial charge is 0.481 e. The van der Waals surface area contributed by atoms with Crippen LogP contribution in [0.25, 0.3) is 54.4 Å². The Balaban J connectivity index is 1.07. The first-order valence-electron chi connectivity index (χ1n) is 28.7. The minimum absolute atomic E-state index is 0.139. The summed E-state index contributed by atoms with van der Waals surface area (Å²) in [6.45, 7) is 8.38. The molecule has 0 bridgehead atoms. The third kappa shape index (κ3) is 11.4. The zero-order valence-corrected chi connectivity index (χ0v) is 47.6. The second-order valence-electron chi connectivity index (χ2n) is 21.9. The van der Waals surface area contributed by atoms with Gasteiger partial charge in [-0.25, -0.2) is 27.5 Å². The van der Waals surface area contributed by atoms with E-state index in [4.69, 9.17) is 24.7 Å². The van der Waals surface area contributed by atoms with Crippen LogP contribution < -0.4 is 4.74 Å². The maximum Gasteiger partial charge on any atom is 0.197 e. The number of hydrogen-bond acceptors (Lipinski definition) is 11. The highest BCUT2D eigenvalue weighted by Gasteiger charge is 2.43. The molecule has 3 aromatic carbocycles. The van der Waals surface area contributed by atoms with Crippen LogP contribution in [0.5, 0.6) is 5.75 Å². The van der Waals surface area contributed by atoms with E-state index in [-0.39, 0.29) is 44.8 Å². The van der Waals surface area contributed by atoms with Gasteiger partial charge < -0.3 is 4.74 Å². The second-order valence-corrected chi connectivity index (χ2v) is 24.2. The monoisotopic (exact) mass is 1120 g/mol. The summed E-state index contributed by atoms with van der Waals surface area (Å²) in [5.74, 6) is -7.16. The number of allylic oxidation sites excluding steroid dienone is 2.